The summed E-state index contributed by atoms with van der Waals surface area (Å²) in [5, 5.41) is 6.10. The van der Waals surface area contributed by atoms with E-state index in [-0.39, 0.29) is 23.7 Å². The van der Waals surface area contributed by atoms with E-state index in [1.54, 1.807) is 24.3 Å². The fraction of sp³-hybridized carbons (Fsp3) is 0.200. The molecule has 0 heterocycles. The summed E-state index contributed by atoms with van der Waals surface area (Å²) in [4.78, 5) is 25.9. The van der Waals surface area contributed by atoms with Crippen LogP contribution >= 0.6 is 0 Å². The van der Waals surface area contributed by atoms with Crippen LogP contribution in [0, 0.1) is 0 Å². The number of benzene rings is 5. The van der Waals surface area contributed by atoms with E-state index in [2.05, 4.69) is 108 Å². The van der Waals surface area contributed by atoms with Crippen LogP contribution in [0.3, 0.4) is 0 Å². The van der Waals surface area contributed by atoms with Crippen LogP contribution < -0.4 is 10.6 Å². The highest BCUT2D eigenvalue weighted by Gasteiger charge is 2.16. The second kappa shape index (κ2) is 16.0. The van der Waals surface area contributed by atoms with Crippen molar-refractivity contribution in [3.63, 3.8) is 0 Å². The van der Waals surface area contributed by atoms with Gasteiger partial charge in [-0.25, -0.2) is 0 Å². The van der Waals surface area contributed by atoms with E-state index < -0.39 is 0 Å². The number of rotatable bonds is 14. The van der Waals surface area contributed by atoms with Gasteiger partial charge in [0.15, 0.2) is 0 Å². The Kier molecular flexibility index (Phi) is 11.1. The van der Waals surface area contributed by atoms with Crippen molar-refractivity contribution in [3.05, 3.63) is 179 Å². The second-order valence-corrected chi connectivity index (χ2v) is 11.1. The Bertz CT molecular complexity index is 1390. The summed E-state index contributed by atoms with van der Waals surface area (Å²) in [5.74, 6) is 0.224. The zero-order chi connectivity index (χ0) is 30.4. The van der Waals surface area contributed by atoms with Crippen molar-refractivity contribution >= 4 is 11.8 Å². The van der Waals surface area contributed by atoms with Crippen LogP contribution in [0.1, 0.15) is 80.5 Å². The predicted octanol–water partition coefficient (Wildman–Crippen LogP) is 8.37. The van der Waals surface area contributed by atoms with E-state index in [0.717, 1.165) is 25.7 Å². The normalized spacial score (nSPS) is 11.0. The van der Waals surface area contributed by atoms with Crippen LogP contribution in [-0.2, 0) is 0 Å². The monoisotopic (exact) mass is 580 g/mol. The van der Waals surface area contributed by atoms with Crippen molar-refractivity contribution in [2.45, 2.75) is 37.5 Å². The van der Waals surface area contributed by atoms with Crippen molar-refractivity contribution in [1.82, 2.24) is 10.6 Å². The van der Waals surface area contributed by atoms with E-state index in [0.29, 0.717) is 24.2 Å². The Morgan fingerprint density at radius 1 is 0.432 bits per heavy atom. The highest BCUT2D eigenvalue weighted by atomic mass is 16.2. The summed E-state index contributed by atoms with van der Waals surface area (Å²) in [7, 11) is 0. The molecule has 0 spiro atoms. The Labute approximate surface area is 261 Å². The molecular formula is C40H40N2O2. The first-order chi connectivity index (χ1) is 21.7. The maximum atomic E-state index is 13.0. The van der Waals surface area contributed by atoms with Gasteiger partial charge in [0.05, 0.1) is 0 Å². The molecule has 0 aliphatic carbocycles. The molecule has 0 aromatic heterocycles. The van der Waals surface area contributed by atoms with Gasteiger partial charge in [-0.1, -0.05) is 127 Å². The number of hydrogen-bond acceptors (Lipinski definition) is 2. The molecule has 44 heavy (non-hydrogen) atoms. The molecule has 4 nitrogen and oxygen atoms in total. The quantitative estimate of drug-likeness (QED) is 0.130. The van der Waals surface area contributed by atoms with Crippen LogP contribution in [0.4, 0.5) is 0 Å². The van der Waals surface area contributed by atoms with E-state index in [4.69, 9.17) is 0 Å². The molecule has 0 aliphatic heterocycles. The number of hydrogen-bond donors (Lipinski definition) is 2. The average Bonchev–Trinajstić information content (AvgIpc) is 3.09. The smallest absolute Gasteiger partial charge is 0.251 e. The summed E-state index contributed by atoms with van der Waals surface area (Å²) in [6, 6.07) is 49.0. The molecule has 0 atom stereocenters. The van der Waals surface area contributed by atoms with Gasteiger partial charge in [-0.3, -0.25) is 9.59 Å². The van der Waals surface area contributed by atoms with Gasteiger partial charge in [0.1, 0.15) is 0 Å². The zero-order valence-electron chi connectivity index (χ0n) is 25.1. The average molecular weight is 581 g/mol. The molecule has 0 saturated heterocycles. The second-order valence-electron chi connectivity index (χ2n) is 11.1. The number of nitrogens with one attached hydrogen (secondary N) is 2. The van der Waals surface area contributed by atoms with Crippen LogP contribution in [-0.4, -0.2) is 24.9 Å². The van der Waals surface area contributed by atoms with Crippen molar-refractivity contribution in [2.75, 3.05) is 13.1 Å². The predicted molar refractivity (Wildman–Crippen MR) is 179 cm³/mol. The van der Waals surface area contributed by atoms with E-state index in [9.17, 15) is 9.59 Å². The summed E-state index contributed by atoms with van der Waals surface area (Å²) in [5.41, 5.74) is 6.10. The first-order valence-corrected chi connectivity index (χ1v) is 15.6. The maximum Gasteiger partial charge on any atom is 0.251 e. The van der Waals surface area contributed by atoms with Gasteiger partial charge in [-0.15, -0.1) is 0 Å². The molecule has 2 amide bonds. The Hall–Kier alpha value is -4.96. The largest absolute Gasteiger partial charge is 0.352 e. The van der Waals surface area contributed by atoms with Gasteiger partial charge in [0.25, 0.3) is 11.8 Å². The minimum Gasteiger partial charge on any atom is -0.352 e. The fourth-order valence-corrected chi connectivity index (χ4v) is 5.81. The third-order valence-electron chi connectivity index (χ3n) is 8.10. The molecular weight excluding hydrogens is 540 g/mol. The van der Waals surface area contributed by atoms with Crippen LogP contribution in [0.5, 0.6) is 0 Å². The van der Waals surface area contributed by atoms with Gasteiger partial charge in [0.2, 0.25) is 0 Å². The topological polar surface area (TPSA) is 58.2 Å². The van der Waals surface area contributed by atoms with Crippen molar-refractivity contribution in [3.8, 4) is 0 Å². The van der Waals surface area contributed by atoms with Gasteiger partial charge >= 0.3 is 0 Å². The lowest BCUT2D eigenvalue weighted by Gasteiger charge is -2.18. The fourth-order valence-electron chi connectivity index (χ4n) is 5.81. The van der Waals surface area contributed by atoms with E-state index >= 15 is 0 Å². The summed E-state index contributed by atoms with van der Waals surface area (Å²) >= 11 is 0. The lowest BCUT2D eigenvalue weighted by atomic mass is 9.87. The zero-order valence-corrected chi connectivity index (χ0v) is 25.1. The molecule has 0 aliphatic rings. The van der Waals surface area contributed by atoms with Gasteiger partial charge in [-0.05, 0) is 66.1 Å². The first-order valence-electron chi connectivity index (χ1n) is 15.6. The lowest BCUT2D eigenvalue weighted by Crippen LogP contribution is -2.27. The SMILES string of the molecule is O=C(NCCCC(c1ccccc1)c1ccccc1)c1cccc(C(=O)NCCCC(c2ccccc2)c2ccccc2)c1. The molecule has 5 aromatic rings. The van der Waals surface area contributed by atoms with Gasteiger partial charge < -0.3 is 10.6 Å². The number of carbonyl (C=O) groups excluding carboxylic acids is 2. The minimum absolute atomic E-state index is 0.163. The van der Waals surface area contributed by atoms with E-state index in [1.165, 1.54) is 22.3 Å². The molecule has 2 N–H and O–H groups in total. The van der Waals surface area contributed by atoms with Crippen molar-refractivity contribution < 1.29 is 9.59 Å². The third kappa shape index (κ3) is 8.54. The lowest BCUT2D eigenvalue weighted by molar-refractivity contribution is 0.0952. The molecule has 5 rings (SSSR count). The standard InChI is InChI=1S/C40H40N2O2/c43-39(41-28-14-26-37(31-16-5-1-6-17-31)32-18-7-2-8-19-32)35-24-13-25-36(30-35)40(44)42-29-15-27-38(33-20-9-3-10-21-33)34-22-11-4-12-23-34/h1-13,16-25,30,37-38H,14-15,26-29H2,(H,41,43)(H,42,44). The maximum absolute atomic E-state index is 13.0. The van der Waals surface area contributed by atoms with Gasteiger partial charge in [0, 0.05) is 36.1 Å². The highest BCUT2D eigenvalue weighted by molar-refractivity contribution is 5.99. The molecule has 0 radical (unpaired) electrons. The molecule has 222 valence electrons. The van der Waals surface area contributed by atoms with Crippen molar-refractivity contribution in [2.24, 2.45) is 0 Å². The molecule has 0 bridgehead atoms. The highest BCUT2D eigenvalue weighted by Crippen LogP contribution is 2.30. The first kappa shape index (κ1) is 30.5. The molecule has 0 fully saturated rings. The van der Waals surface area contributed by atoms with Crippen molar-refractivity contribution in [1.29, 1.82) is 0 Å². The molecule has 0 unspecified atom stereocenters. The Morgan fingerprint density at radius 3 is 1.07 bits per heavy atom. The summed E-state index contributed by atoms with van der Waals surface area (Å²) in [6.07, 6.45) is 3.53. The molecule has 5 aromatic carbocycles. The molecule has 4 heteroatoms. The van der Waals surface area contributed by atoms with Crippen LogP contribution in [0.2, 0.25) is 0 Å². The Balaban J connectivity index is 1.10. The molecule has 0 saturated carbocycles. The van der Waals surface area contributed by atoms with E-state index in [1.807, 2.05) is 24.3 Å². The van der Waals surface area contributed by atoms with Gasteiger partial charge in [-0.2, -0.15) is 0 Å². The number of amides is 2. The van der Waals surface area contributed by atoms with Crippen LogP contribution in [0.15, 0.2) is 146 Å². The number of carbonyl (C=O) groups is 2. The summed E-state index contributed by atoms with van der Waals surface area (Å²) in [6.45, 7) is 1.13. The summed E-state index contributed by atoms with van der Waals surface area (Å²) < 4.78 is 0. The third-order valence-corrected chi connectivity index (χ3v) is 8.10. The Morgan fingerprint density at radius 2 is 0.750 bits per heavy atom. The minimum atomic E-state index is -0.163. The van der Waals surface area contributed by atoms with Crippen LogP contribution in [0.25, 0.3) is 0 Å².